The molecule has 0 saturated heterocycles. The molecule has 1 atom stereocenters. The topological polar surface area (TPSA) is 62.6 Å². The molecule has 0 spiro atoms. The predicted octanol–water partition coefficient (Wildman–Crippen LogP) is 3.46. The van der Waals surface area contributed by atoms with E-state index in [1.165, 1.54) is 6.07 Å². The summed E-state index contributed by atoms with van der Waals surface area (Å²) in [6.45, 7) is 9.38. The van der Waals surface area contributed by atoms with E-state index < -0.39 is 0 Å². The lowest BCUT2D eigenvalue weighted by atomic mass is 10.1. The van der Waals surface area contributed by atoms with Crippen LogP contribution in [0.3, 0.4) is 0 Å². The van der Waals surface area contributed by atoms with Crippen molar-refractivity contribution in [2.75, 3.05) is 19.6 Å². The van der Waals surface area contributed by atoms with Crippen LogP contribution in [0, 0.1) is 0 Å². The second-order valence-electron chi connectivity index (χ2n) is 6.01. The Bertz CT molecular complexity index is 741. The Balaban J connectivity index is 0.00000312. The molecule has 0 bridgehead atoms. The summed E-state index contributed by atoms with van der Waals surface area (Å²) in [5, 5.41) is 3.40. The number of amides is 1. The van der Waals surface area contributed by atoms with E-state index in [0.29, 0.717) is 11.0 Å². The van der Waals surface area contributed by atoms with Crippen LogP contribution in [0.1, 0.15) is 44.2 Å². The van der Waals surface area contributed by atoms with Gasteiger partial charge in [0, 0.05) is 12.1 Å². The van der Waals surface area contributed by atoms with Gasteiger partial charge in [0.25, 0.3) is 5.91 Å². The molecule has 25 heavy (non-hydrogen) atoms. The molecule has 0 aliphatic rings. The number of nitrogens with zero attached hydrogens (tertiary/aromatic N) is 1. The molecular weight excluding hydrogens is 340 g/mol. The molecule has 1 amide bonds. The largest absolute Gasteiger partial charge is 0.451 e. The lowest BCUT2D eigenvalue weighted by Gasteiger charge is -2.19. The van der Waals surface area contributed by atoms with E-state index in [9.17, 15) is 9.59 Å². The molecule has 138 valence electrons. The summed E-state index contributed by atoms with van der Waals surface area (Å²) < 4.78 is 5.56. The third-order valence-corrected chi connectivity index (χ3v) is 4.24. The van der Waals surface area contributed by atoms with Crippen LogP contribution in [0.2, 0.25) is 0 Å². The smallest absolute Gasteiger partial charge is 0.287 e. The highest BCUT2D eigenvalue weighted by atomic mass is 35.5. The SMILES string of the molecule is CCN(CC)CCCC(C)NC(=O)c1cc(=O)c2ccccc2o1.Cl. The maximum atomic E-state index is 12.3. The van der Waals surface area contributed by atoms with Crippen molar-refractivity contribution >= 4 is 29.3 Å². The van der Waals surface area contributed by atoms with Crippen molar-refractivity contribution in [2.45, 2.75) is 39.7 Å². The van der Waals surface area contributed by atoms with Gasteiger partial charge in [-0.2, -0.15) is 0 Å². The van der Waals surface area contributed by atoms with Gasteiger partial charge in [-0.1, -0.05) is 26.0 Å². The molecule has 1 aromatic heterocycles. The molecule has 0 aliphatic heterocycles. The minimum absolute atomic E-state index is 0. The summed E-state index contributed by atoms with van der Waals surface area (Å²) in [5.74, 6) is -0.275. The average molecular weight is 367 g/mol. The van der Waals surface area contributed by atoms with E-state index in [-0.39, 0.29) is 35.5 Å². The normalized spacial score (nSPS) is 12.0. The molecule has 1 heterocycles. The number of benzene rings is 1. The van der Waals surface area contributed by atoms with Gasteiger partial charge in [0.15, 0.2) is 11.2 Å². The summed E-state index contributed by atoms with van der Waals surface area (Å²) in [5.41, 5.74) is 0.237. The van der Waals surface area contributed by atoms with Crippen molar-refractivity contribution in [1.29, 1.82) is 0 Å². The van der Waals surface area contributed by atoms with E-state index in [2.05, 4.69) is 24.1 Å². The van der Waals surface area contributed by atoms with Crippen LogP contribution in [0.5, 0.6) is 0 Å². The first-order valence-electron chi connectivity index (χ1n) is 8.61. The fraction of sp³-hybridized carbons (Fsp3) is 0.474. The molecule has 0 fully saturated rings. The highest BCUT2D eigenvalue weighted by Gasteiger charge is 2.14. The molecule has 1 aromatic carbocycles. The monoisotopic (exact) mass is 366 g/mol. The first-order valence-corrected chi connectivity index (χ1v) is 8.61. The molecule has 1 unspecified atom stereocenters. The van der Waals surface area contributed by atoms with Crippen molar-refractivity contribution in [1.82, 2.24) is 10.2 Å². The van der Waals surface area contributed by atoms with Crippen LogP contribution >= 0.6 is 12.4 Å². The quantitative estimate of drug-likeness (QED) is 0.777. The Labute approximate surface area is 154 Å². The highest BCUT2D eigenvalue weighted by molar-refractivity contribution is 5.93. The van der Waals surface area contributed by atoms with Crippen molar-refractivity contribution in [3.8, 4) is 0 Å². The van der Waals surface area contributed by atoms with Gasteiger partial charge in [-0.05, 0) is 51.5 Å². The number of nitrogens with one attached hydrogen (secondary N) is 1. The molecule has 6 heteroatoms. The van der Waals surface area contributed by atoms with Gasteiger partial charge in [-0.25, -0.2) is 0 Å². The van der Waals surface area contributed by atoms with E-state index in [0.717, 1.165) is 32.5 Å². The minimum Gasteiger partial charge on any atom is -0.451 e. The maximum Gasteiger partial charge on any atom is 0.287 e. The zero-order chi connectivity index (χ0) is 17.5. The van der Waals surface area contributed by atoms with E-state index >= 15 is 0 Å². The molecule has 0 aliphatic carbocycles. The summed E-state index contributed by atoms with van der Waals surface area (Å²) >= 11 is 0. The van der Waals surface area contributed by atoms with Crippen molar-refractivity contribution in [3.05, 3.63) is 46.3 Å². The van der Waals surface area contributed by atoms with Crippen molar-refractivity contribution in [2.24, 2.45) is 0 Å². The van der Waals surface area contributed by atoms with E-state index in [1.807, 2.05) is 6.92 Å². The lowest BCUT2D eigenvalue weighted by molar-refractivity contribution is 0.0910. The molecule has 1 N–H and O–H groups in total. The summed E-state index contributed by atoms with van der Waals surface area (Å²) in [7, 11) is 0. The van der Waals surface area contributed by atoms with Gasteiger partial charge in [-0.15, -0.1) is 12.4 Å². The molecule has 2 aromatic rings. The molecule has 0 radical (unpaired) electrons. The van der Waals surface area contributed by atoms with Crippen LogP contribution < -0.4 is 10.7 Å². The number of halogens is 1. The van der Waals surface area contributed by atoms with Gasteiger partial charge in [-0.3, -0.25) is 9.59 Å². The van der Waals surface area contributed by atoms with Crippen LogP contribution in [0.4, 0.5) is 0 Å². The summed E-state index contributed by atoms with van der Waals surface area (Å²) in [6, 6.07) is 8.24. The highest BCUT2D eigenvalue weighted by Crippen LogP contribution is 2.12. The zero-order valence-corrected chi connectivity index (χ0v) is 15.9. The lowest BCUT2D eigenvalue weighted by Crippen LogP contribution is -2.34. The Morgan fingerprint density at radius 1 is 1.24 bits per heavy atom. The Morgan fingerprint density at radius 3 is 2.60 bits per heavy atom. The molecule has 2 rings (SSSR count). The first kappa shape index (κ1) is 21.2. The van der Waals surface area contributed by atoms with Gasteiger partial charge < -0.3 is 14.6 Å². The summed E-state index contributed by atoms with van der Waals surface area (Å²) in [4.78, 5) is 26.7. The maximum absolute atomic E-state index is 12.3. The van der Waals surface area contributed by atoms with E-state index in [1.54, 1.807) is 24.3 Å². The number of carbonyl (C=O) groups is 1. The van der Waals surface area contributed by atoms with Crippen molar-refractivity contribution < 1.29 is 9.21 Å². The fourth-order valence-corrected chi connectivity index (χ4v) is 2.74. The minimum atomic E-state index is -0.340. The number of rotatable bonds is 8. The Hall–Kier alpha value is -1.85. The third-order valence-electron chi connectivity index (χ3n) is 4.24. The molecule has 0 saturated carbocycles. The predicted molar refractivity (Wildman–Crippen MR) is 104 cm³/mol. The number of carbonyl (C=O) groups excluding carboxylic acids is 1. The number of para-hydroxylation sites is 1. The number of fused-ring (bicyclic) bond motifs is 1. The summed E-state index contributed by atoms with van der Waals surface area (Å²) in [6.07, 6.45) is 1.91. The van der Waals surface area contributed by atoms with Crippen LogP contribution in [0.15, 0.2) is 39.5 Å². The fourth-order valence-electron chi connectivity index (χ4n) is 2.74. The van der Waals surface area contributed by atoms with Crippen LogP contribution in [-0.4, -0.2) is 36.5 Å². The standard InChI is InChI=1S/C19H26N2O3.ClH/c1-4-21(5-2)12-8-9-14(3)20-19(23)18-13-16(22)15-10-6-7-11-17(15)24-18;/h6-7,10-11,13-14H,4-5,8-9,12H2,1-3H3,(H,20,23);1H. The first-order chi connectivity index (χ1) is 11.5. The second-order valence-corrected chi connectivity index (χ2v) is 6.01. The van der Waals surface area contributed by atoms with Gasteiger partial charge >= 0.3 is 0 Å². The van der Waals surface area contributed by atoms with Gasteiger partial charge in [0.2, 0.25) is 0 Å². The second kappa shape index (κ2) is 10.2. The third kappa shape index (κ3) is 5.87. The van der Waals surface area contributed by atoms with Gasteiger partial charge in [0.1, 0.15) is 5.58 Å². The average Bonchev–Trinajstić information content (AvgIpc) is 2.58. The van der Waals surface area contributed by atoms with E-state index in [4.69, 9.17) is 4.42 Å². The Morgan fingerprint density at radius 2 is 1.92 bits per heavy atom. The van der Waals surface area contributed by atoms with Crippen LogP contribution in [-0.2, 0) is 0 Å². The number of hydrogen-bond donors (Lipinski definition) is 1. The van der Waals surface area contributed by atoms with Crippen LogP contribution in [0.25, 0.3) is 11.0 Å². The van der Waals surface area contributed by atoms with Gasteiger partial charge in [0.05, 0.1) is 5.39 Å². The van der Waals surface area contributed by atoms with Crippen molar-refractivity contribution in [3.63, 3.8) is 0 Å². The number of hydrogen-bond acceptors (Lipinski definition) is 4. The Kier molecular flexibility index (Phi) is 8.66. The molecule has 5 nitrogen and oxygen atoms in total. The molecular formula is C19H27ClN2O3. The zero-order valence-electron chi connectivity index (χ0n) is 15.1.